The van der Waals surface area contributed by atoms with Crippen LogP contribution in [0.25, 0.3) is 10.9 Å². The van der Waals surface area contributed by atoms with Crippen molar-refractivity contribution in [2.45, 2.75) is 32.9 Å². The van der Waals surface area contributed by atoms with E-state index in [2.05, 4.69) is 5.32 Å². The smallest absolute Gasteiger partial charge is 0.278 e. The molecule has 0 aliphatic carbocycles. The van der Waals surface area contributed by atoms with E-state index in [-0.39, 0.29) is 17.6 Å². The highest BCUT2D eigenvalue weighted by atomic mass is 16.6. The molecule has 1 N–H and O–H groups in total. The number of nitrogens with zero attached hydrogens (tertiary/aromatic N) is 2. The third-order valence-corrected chi connectivity index (χ3v) is 3.02. The standard InChI is InChI=1S/C14H17N3O3/c1-10(2)15-14(18)7-9-16-8-6-11-12(16)4-3-5-13(11)17(19)20/h3-6,8,10H,7,9H2,1-2H3,(H,15,18). The van der Waals surface area contributed by atoms with Crippen LogP contribution in [0.2, 0.25) is 0 Å². The molecule has 0 bridgehead atoms. The van der Waals surface area contributed by atoms with Gasteiger partial charge < -0.3 is 9.88 Å². The molecule has 20 heavy (non-hydrogen) atoms. The van der Waals surface area contributed by atoms with Crippen molar-refractivity contribution < 1.29 is 9.72 Å². The number of carbonyl (C=O) groups excluding carboxylic acids is 1. The zero-order chi connectivity index (χ0) is 14.7. The summed E-state index contributed by atoms with van der Waals surface area (Å²) in [5.41, 5.74) is 0.865. The van der Waals surface area contributed by atoms with Crippen molar-refractivity contribution in [2.75, 3.05) is 0 Å². The summed E-state index contributed by atoms with van der Waals surface area (Å²) >= 11 is 0. The van der Waals surface area contributed by atoms with Crippen LogP contribution >= 0.6 is 0 Å². The Morgan fingerprint density at radius 3 is 2.80 bits per heavy atom. The van der Waals surface area contributed by atoms with Gasteiger partial charge in [0.1, 0.15) is 0 Å². The van der Waals surface area contributed by atoms with Crippen LogP contribution in [0.4, 0.5) is 5.69 Å². The Bertz CT molecular complexity index is 646. The number of nitrogens with one attached hydrogen (secondary N) is 1. The Kier molecular flexibility index (Phi) is 4.02. The molecule has 0 aliphatic rings. The number of nitro benzene ring substituents is 1. The molecule has 2 aromatic rings. The van der Waals surface area contributed by atoms with E-state index in [0.29, 0.717) is 18.4 Å². The fraction of sp³-hybridized carbons (Fsp3) is 0.357. The Hall–Kier alpha value is -2.37. The summed E-state index contributed by atoms with van der Waals surface area (Å²) in [5.74, 6) is -0.0210. The van der Waals surface area contributed by atoms with Crippen molar-refractivity contribution in [3.05, 3.63) is 40.6 Å². The number of benzene rings is 1. The van der Waals surface area contributed by atoms with Gasteiger partial charge in [0.2, 0.25) is 5.91 Å². The average Bonchev–Trinajstić information content (AvgIpc) is 2.78. The van der Waals surface area contributed by atoms with E-state index >= 15 is 0 Å². The number of fused-ring (bicyclic) bond motifs is 1. The second kappa shape index (κ2) is 5.73. The lowest BCUT2D eigenvalue weighted by atomic mass is 10.2. The van der Waals surface area contributed by atoms with Crippen LogP contribution in [0.1, 0.15) is 20.3 Å². The van der Waals surface area contributed by atoms with Gasteiger partial charge in [0, 0.05) is 31.3 Å². The number of carbonyl (C=O) groups is 1. The van der Waals surface area contributed by atoms with E-state index in [1.807, 2.05) is 24.5 Å². The molecule has 0 fully saturated rings. The summed E-state index contributed by atoms with van der Waals surface area (Å²) in [5, 5.41) is 14.4. The Labute approximate surface area is 116 Å². The monoisotopic (exact) mass is 275 g/mol. The number of non-ortho nitro benzene ring substituents is 1. The summed E-state index contributed by atoms with van der Waals surface area (Å²) in [7, 11) is 0. The molecular formula is C14H17N3O3. The maximum absolute atomic E-state index is 11.6. The lowest BCUT2D eigenvalue weighted by Gasteiger charge is -2.09. The first-order chi connectivity index (χ1) is 9.49. The number of hydrogen-bond acceptors (Lipinski definition) is 3. The lowest BCUT2D eigenvalue weighted by Crippen LogP contribution is -2.30. The van der Waals surface area contributed by atoms with Gasteiger partial charge in [0.15, 0.2) is 0 Å². The molecule has 0 radical (unpaired) electrons. The number of hydrogen-bond donors (Lipinski definition) is 1. The summed E-state index contributed by atoms with van der Waals surface area (Å²) in [6.45, 7) is 4.32. The molecule has 0 unspecified atom stereocenters. The fourth-order valence-corrected chi connectivity index (χ4v) is 2.18. The minimum atomic E-state index is -0.391. The molecule has 0 atom stereocenters. The SMILES string of the molecule is CC(C)NC(=O)CCn1ccc2c([N+](=O)[O-])cccc21. The summed E-state index contributed by atoms with van der Waals surface area (Å²) < 4.78 is 1.86. The van der Waals surface area contributed by atoms with E-state index in [4.69, 9.17) is 0 Å². The van der Waals surface area contributed by atoms with E-state index < -0.39 is 4.92 Å². The van der Waals surface area contributed by atoms with Gasteiger partial charge in [-0.2, -0.15) is 0 Å². The maximum atomic E-state index is 11.6. The molecule has 0 aliphatic heterocycles. The second-order valence-electron chi connectivity index (χ2n) is 4.95. The minimum Gasteiger partial charge on any atom is -0.354 e. The number of rotatable bonds is 5. The Morgan fingerprint density at radius 2 is 2.15 bits per heavy atom. The van der Waals surface area contributed by atoms with Crippen LogP contribution in [-0.4, -0.2) is 21.4 Å². The molecule has 6 heteroatoms. The van der Waals surface area contributed by atoms with Crippen molar-refractivity contribution in [2.24, 2.45) is 0 Å². The van der Waals surface area contributed by atoms with Gasteiger partial charge in [0.25, 0.3) is 5.69 Å². The van der Waals surface area contributed by atoms with Crippen LogP contribution in [-0.2, 0) is 11.3 Å². The van der Waals surface area contributed by atoms with E-state index in [9.17, 15) is 14.9 Å². The van der Waals surface area contributed by atoms with Crippen LogP contribution in [0.15, 0.2) is 30.5 Å². The minimum absolute atomic E-state index is 0.0210. The van der Waals surface area contributed by atoms with Gasteiger partial charge in [0.05, 0.1) is 15.8 Å². The quantitative estimate of drug-likeness (QED) is 0.672. The van der Waals surface area contributed by atoms with Crippen molar-refractivity contribution in [1.29, 1.82) is 0 Å². The molecule has 0 saturated heterocycles. The number of aromatic nitrogens is 1. The Morgan fingerprint density at radius 1 is 1.40 bits per heavy atom. The largest absolute Gasteiger partial charge is 0.354 e. The predicted molar refractivity (Wildman–Crippen MR) is 76.5 cm³/mol. The third kappa shape index (κ3) is 2.96. The highest BCUT2D eigenvalue weighted by Crippen LogP contribution is 2.26. The topological polar surface area (TPSA) is 77.2 Å². The van der Waals surface area contributed by atoms with E-state index in [1.54, 1.807) is 18.3 Å². The lowest BCUT2D eigenvalue weighted by molar-refractivity contribution is -0.383. The van der Waals surface area contributed by atoms with Crippen LogP contribution in [0, 0.1) is 10.1 Å². The van der Waals surface area contributed by atoms with Gasteiger partial charge in [-0.1, -0.05) is 6.07 Å². The highest BCUT2D eigenvalue weighted by Gasteiger charge is 2.14. The van der Waals surface area contributed by atoms with Gasteiger partial charge in [-0.3, -0.25) is 14.9 Å². The maximum Gasteiger partial charge on any atom is 0.278 e. The highest BCUT2D eigenvalue weighted by molar-refractivity contribution is 5.89. The van der Waals surface area contributed by atoms with Gasteiger partial charge in [-0.05, 0) is 26.0 Å². The molecule has 106 valence electrons. The predicted octanol–water partition coefficient (Wildman–Crippen LogP) is 2.46. The molecule has 1 amide bonds. The van der Waals surface area contributed by atoms with Crippen molar-refractivity contribution in [1.82, 2.24) is 9.88 Å². The normalized spacial score (nSPS) is 10.9. The third-order valence-electron chi connectivity index (χ3n) is 3.02. The molecule has 0 saturated carbocycles. The Balaban J connectivity index is 2.18. The second-order valence-corrected chi connectivity index (χ2v) is 4.95. The molecule has 1 aromatic carbocycles. The summed E-state index contributed by atoms with van der Waals surface area (Å²) in [4.78, 5) is 22.2. The molecule has 6 nitrogen and oxygen atoms in total. The van der Waals surface area contributed by atoms with Crippen LogP contribution in [0.5, 0.6) is 0 Å². The van der Waals surface area contributed by atoms with Gasteiger partial charge in [-0.25, -0.2) is 0 Å². The van der Waals surface area contributed by atoms with E-state index in [0.717, 1.165) is 5.52 Å². The summed E-state index contributed by atoms with van der Waals surface area (Å²) in [6.07, 6.45) is 2.13. The first-order valence-corrected chi connectivity index (χ1v) is 6.50. The number of amides is 1. The average molecular weight is 275 g/mol. The molecular weight excluding hydrogens is 258 g/mol. The number of nitro groups is 1. The van der Waals surface area contributed by atoms with E-state index in [1.165, 1.54) is 6.07 Å². The van der Waals surface area contributed by atoms with Crippen LogP contribution < -0.4 is 5.32 Å². The first-order valence-electron chi connectivity index (χ1n) is 6.50. The summed E-state index contributed by atoms with van der Waals surface area (Å²) in [6, 6.07) is 6.80. The number of aryl methyl sites for hydroxylation is 1. The van der Waals surface area contributed by atoms with Gasteiger partial charge in [-0.15, -0.1) is 0 Å². The van der Waals surface area contributed by atoms with Crippen LogP contribution in [0.3, 0.4) is 0 Å². The molecule has 2 rings (SSSR count). The molecule has 1 aromatic heterocycles. The zero-order valence-electron chi connectivity index (χ0n) is 11.5. The van der Waals surface area contributed by atoms with Gasteiger partial charge >= 0.3 is 0 Å². The van der Waals surface area contributed by atoms with Crippen molar-refractivity contribution >= 4 is 22.5 Å². The zero-order valence-corrected chi connectivity index (χ0v) is 11.5. The van der Waals surface area contributed by atoms with Crippen molar-refractivity contribution in [3.8, 4) is 0 Å². The molecule has 0 spiro atoms. The fourth-order valence-electron chi connectivity index (χ4n) is 2.18. The molecule has 1 heterocycles. The van der Waals surface area contributed by atoms with Crippen molar-refractivity contribution in [3.63, 3.8) is 0 Å². The first kappa shape index (κ1) is 14.0.